The predicted octanol–water partition coefficient (Wildman–Crippen LogP) is 4.17. The van der Waals surface area contributed by atoms with Gasteiger partial charge in [-0.15, -0.1) is 11.3 Å². The van der Waals surface area contributed by atoms with Gasteiger partial charge in [0, 0.05) is 16.9 Å². The van der Waals surface area contributed by atoms with Crippen molar-refractivity contribution in [3.8, 4) is 0 Å². The van der Waals surface area contributed by atoms with Crippen LogP contribution in [0.4, 0.5) is 5.13 Å². The number of nitrogens with one attached hydrogen (secondary N) is 1. The van der Waals surface area contributed by atoms with Gasteiger partial charge < -0.3 is 5.32 Å². The third-order valence-electron chi connectivity index (χ3n) is 1.83. The van der Waals surface area contributed by atoms with E-state index in [1.807, 2.05) is 29.6 Å². The van der Waals surface area contributed by atoms with Crippen LogP contribution in [-0.2, 0) is 6.54 Å². The number of halogens is 2. The van der Waals surface area contributed by atoms with Crippen LogP contribution in [0.5, 0.6) is 0 Å². The Bertz CT molecular complexity index is 441. The van der Waals surface area contributed by atoms with E-state index < -0.39 is 0 Å². The first-order chi connectivity index (χ1) is 7.24. The second-order valence-electron chi connectivity index (χ2n) is 2.96. The number of rotatable bonds is 3. The molecule has 15 heavy (non-hydrogen) atoms. The van der Waals surface area contributed by atoms with Gasteiger partial charge in [-0.2, -0.15) is 0 Å². The molecule has 0 amide bonds. The summed E-state index contributed by atoms with van der Waals surface area (Å²) in [6, 6.07) is 7.77. The van der Waals surface area contributed by atoms with Crippen molar-refractivity contribution in [3.63, 3.8) is 0 Å². The van der Waals surface area contributed by atoms with Gasteiger partial charge in [0.05, 0.1) is 0 Å². The van der Waals surface area contributed by atoms with Gasteiger partial charge in [0.25, 0.3) is 0 Å². The fourth-order valence-electron chi connectivity index (χ4n) is 1.12. The first-order valence-corrected chi connectivity index (χ1v) is 6.38. The van der Waals surface area contributed by atoms with Gasteiger partial charge in [-0.1, -0.05) is 23.7 Å². The quantitative estimate of drug-likeness (QED) is 0.920. The molecule has 1 aromatic heterocycles. The van der Waals surface area contributed by atoms with E-state index in [0.29, 0.717) is 0 Å². The lowest BCUT2D eigenvalue weighted by Crippen LogP contribution is -1.98. The summed E-state index contributed by atoms with van der Waals surface area (Å²) in [5.74, 6) is 0. The van der Waals surface area contributed by atoms with Crippen LogP contribution in [0.2, 0.25) is 5.02 Å². The highest BCUT2D eigenvalue weighted by molar-refractivity contribution is 9.10. The Kier molecular flexibility index (Phi) is 3.61. The molecule has 0 fully saturated rings. The van der Waals surface area contributed by atoms with Gasteiger partial charge in [0.1, 0.15) is 4.60 Å². The maximum absolute atomic E-state index is 5.80. The predicted molar refractivity (Wildman–Crippen MR) is 68.6 cm³/mol. The maximum atomic E-state index is 5.80. The van der Waals surface area contributed by atoms with E-state index in [-0.39, 0.29) is 0 Å². The largest absolute Gasteiger partial charge is 0.357 e. The van der Waals surface area contributed by atoms with E-state index >= 15 is 0 Å². The van der Waals surface area contributed by atoms with Crippen LogP contribution < -0.4 is 5.32 Å². The molecular formula is C10H8BrClN2S. The van der Waals surface area contributed by atoms with Crippen LogP contribution >= 0.6 is 38.9 Å². The smallest absolute Gasteiger partial charge is 0.184 e. The number of nitrogens with zero attached hydrogens (tertiary/aromatic N) is 1. The number of benzene rings is 1. The summed E-state index contributed by atoms with van der Waals surface area (Å²) in [6.45, 7) is 0.761. The Balaban J connectivity index is 1.96. The highest BCUT2D eigenvalue weighted by Crippen LogP contribution is 2.20. The minimum absolute atomic E-state index is 0.760. The highest BCUT2D eigenvalue weighted by atomic mass is 79.9. The Hall–Kier alpha value is -0.580. The van der Waals surface area contributed by atoms with Crippen LogP contribution in [0.15, 0.2) is 34.2 Å². The number of hydrogen-bond donors (Lipinski definition) is 1. The summed E-state index contributed by atoms with van der Waals surface area (Å²) < 4.78 is 0.867. The zero-order chi connectivity index (χ0) is 10.7. The van der Waals surface area contributed by atoms with Gasteiger partial charge in [0.15, 0.2) is 5.13 Å². The lowest BCUT2D eigenvalue weighted by atomic mass is 10.2. The van der Waals surface area contributed by atoms with Crippen molar-refractivity contribution < 1.29 is 0 Å². The molecule has 0 radical (unpaired) electrons. The lowest BCUT2D eigenvalue weighted by molar-refractivity contribution is 1.13. The molecule has 2 aromatic rings. The van der Waals surface area contributed by atoms with Gasteiger partial charge in [-0.05, 0) is 33.6 Å². The summed E-state index contributed by atoms with van der Waals surface area (Å²) >= 11 is 10.7. The molecule has 2 rings (SSSR count). The molecule has 2 nitrogen and oxygen atoms in total. The van der Waals surface area contributed by atoms with E-state index in [0.717, 1.165) is 21.3 Å². The Morgan fingerprint density at radius 3 is 2.67 bits per heavy atom. The number of anilines is 1. The molecule has 0 spiro atoms. The van der Waals surface area contributed by atoms with Gasteiger partial charge in [0.2, 0.25) is 0 Å². The summed E-state index contributed by atoms with van der Waals surface area (Å²) in [5.41, 5.74) is 1.19. The topological polar surface area (TPSA) is 24.9 Å². The SMILES string of the molecule is Clc1ccc(CNc2nc(Br)cs2)cc1. The fourth-order valence-corrected chi connectivity index (χ4v) is 2.38. The van der Waals surface area contributed by atoms with Crippen molar-refractivity contribution in [2.75, 3.05) is 5.32 Å². The molecular weight excluding hydrogens is 296 g/mol. The third kappa shape index (κ3) is 3.19. The average Bonchev–Trinajstić information content (AvgIpc) is 2.64. The average molecular weight is 304 g/mol. The molecule has 0 bridgehead atoms. The van der Waals surface area contributed by atoms with E-state index in [2.05, 4.69) is 26.2 Å². The molecule has 1 N–H and O–H groups in total. The van der Waals surface area contributed by atoms with E-state index in [4.69, 9.17) is 11.6 Å². The summed E-state index contributed by atoms with van der Waals surface area (Å²) in [5, 5.41) is 6.86. The molecule has 5 heteroatoms. The second kappa shape index (κ2) is 4.96. The molecule has 0 atom stereocenters. The maximum Gasteiger partial charge on any atom is 0.184 e. The van der Waals surface area contributed by atoms with Crippen molar-refractivity contribution in [1.29, 1.82) is 0 Å². The van der Waals surface area contributed by atoms with Crippen molar-refractivity contribution in [1.82, 2.24) is 4.98 Å². The van der Waals surface area contributed by atoms with E-state index in [1.54, 1.807) is 11.3 Å². The Morgan fingerprint density at radius 1 is 1.33 bits per heavy atom. The zero-order valence-corrected chi connectivity index (χ0v) is 10.9. The van der Waals surface area contributed by atoms with Crippen molar-refractivity contribution >= 4 is 44.0 Å². The fraction of sp³-hybridized carbons (Fsp3) is 0.100. The van der Waals surface area contributed by atoms with Crippen LogP contribution in [0.25, 0.3) is 0 Å². The summed E-state index contributed by atoms with van der Waals surface area (Å²) in [6.07, 6.45) is 0. The number of thiazole rings is 1. The molecule has 0 saturated carbocycles. The van der Waals surface area contributed by atoms with Crippen LogP contribution in [0.1, 0.15) is 5.56 Å². The molecule has 0 aliphatic rings. The van der Waals surface area contributed by atoms with Crippen LogP contribution in [-0.4, -0.2) is 4.98 Å². The number of aromatic nitrogens is 1. The Morgan fingerprint density at radius 2 is 2.07 bits per heavy atom. The molecule has 78 valence electrons. The van der Waals surface area contributed by atoms with E-state index in [1.165, 1.54) is 5.56 Å². The summed E-state index contributed by atoms with van der Waals surface area (Å²) in [4.78, 5) is 4.24. The van der Waals surface area contributed by atoms with Crippen molar-refractivity contribution in [3.05, 3.63) is 44.8 Å². The minimum Gasteiger partial charge on any atom is -0.357 e. The Labute approximate surface area is 105 Å². The first kappa shape index (κ1) is 10.9. The van der Waals surface area contributed by atoms with E-state index in [9.17, 15) is 0 Å². The lowest BCUT2D eigenvalue weighted by Gasteiger charge is -2.02. The molecule has 0 aliphatic heterocycles. The third-order valence-corrected chi connectivity index (χ3v) is 3.59. The number of hydrogen-bond acceptors (Lipinski definition) is 3. The molecule has 0 unspecified atom stereocenters. The van der Waals surface area contributed by atoms with Gasteiger partial charge >= 0.3 is 0 Å². The molecule has 0 saturated heterocycles. The molecule has 1 aromatic carbocycles. The second-order valence-corrected chi connectivity index (χ2v) is 5.06. The van der Waals surface area contributed by atoms with Gasteiger partial charge in [-0.3, -0.25) is 0 Å². The standard InChI is InChI=1S/C10H8BrClN2S/c11-9-6-15-10(14-9)13-5-7-1-3-8(12)4-2-7/h1-4,6H,5H2,(H,13,14). The van der Waals surface area contributed by atoms with Crippen molar-refractivity contribution in [2.24, 2.45) is 0 Å². The first-order valence-electron chi connectivity index (χ1n) is 4.33. The minimum atomic E-state index is 0.760. The van der Waals surface area contributed by atoms with Crippen LogP contribution in [0.3, 0.4) is 0 Å². The molecule has 1 heterocycles. The molecule has 0 aliphatic carbocycles. The van der Waals surface area contributed by atoms with Crippen molar-refractivity contribution in [2.45, 2.75) is 6.54 Å². The highest BCUT2D eigenvalue weighted by Gasteiger charge is 1.98. The monoisotopic (exact) mass is 302 g/mol. The van der Waals surface area contributed by atoms with Gasteiger partial charge in [-0.25, -0.2) is 4.98 Å². The van der Waals surface area contributed by atoms with Crippen LogP contribution in [0, 0.1) is 0 Å². The summed E-state index contributed by atoms with van der Waals surface area (Å²) in [7, 11) is 0. The normalized spacial score (nSPS) is 10.3. The zero-order valence-electron chi connectivity index (χ0n) is 7.71.